The molecule has 9 nitrogen and oxygen atoms in total. The van der Waals surface area contributed by atoms with Crippen LogP contribution in [-0.4, -0.2) is 43.5 Å². The minimum absolute atomic E-state index is 0.127. The summed E-state index contributed by atoms with van der Waals surface area (Å²) in [4.78, 5) is 11.8. The first-order valence-corrected chi connectivity index (χ1v) is 11.7. The molecule has 0 aliphatic carbocycles. The Morgan fingerprint density at radius 3 is 2.57 bits per heavy atom. The second kappa shape index (κ2) is 13.0. The molecular weight excluding hydrogens is 464 g/mol. The van der Waals surface area contributed by atoms with Crippen LogP contribution in [0.4, 0.5) is 5.95 Å². The number of anilines is 1. The van der Waals surface area contributed by atoms with Crippen molar-refractivity contribution in [2.75, 3.05) is 11.9 Å². The van der Waals surface area contributed by atoms with E-state index in [1.54, 1.807) is 18.5 Å². The van der Waals surface area contributed by atoms with E-state index in [1.807, 2.05) is 58.0 Å². The van der Waals surface area contributed by atoms with E-state index in [-0.39, 0.29) is 16.9 Å². The van der Waals surface area contributed by atoms with Crippen molar-refractivity contribution in [1.29, 1.82) is 0 Å². The third-order valence-corrected chi connectivity index (χ3v) is 4.96. The molecule has 3 aromatic rings. The number of rotatable bonds is 9. The standard InChI is InChI=1S/C23H28N6O3S.C2H6/c1-23(2,13-30)29-22-27-20(19(21(33)28-22)17(24)9-18(25)31)15-8-16(11-26-10-15)32-12-14-6-4-3-5-7-14;1-2/h3-11,18,30-31H,12-13,24-25H2,1-2H3,(H2,27,28,29,33);1-2H3/b17-9-;. The number of aliphatic hydroxyl groups excluding tert-OH is 2. The lowest BCUT2D eigenvalue weighted by Crippen LogP contribution is -2.35. The van der Waals surface area contributed by atoms with Crippen molar-refractivity contribution in [3.63, 3.8) is 0 Å². The Morgan fingerprint density at radius 2 is 1.94 bits per heavy atom. The van der Waals surface area contributed by atoms with Gasteiger partial charge in [0.25, 0.3) is 0 Å². The summed E-state index contributed by atoms with van der Waals surface area (Å²) in [7, 11) is 0. The van der Waals surface area contributed by atoms with E-state index in [0.717, 1.165) is 5.56 Å². The number of hydrogen-bond acceptors (Lipinski definition) is 9. The Hall–Kier alpha value is -3.31. The summed E-state index contributed by atoms with van der Waals surface area (Å²) in [6.07, 6.45) is 3.25. The normalized spacial score (nSPS) is 12.4. The zero-order valence-electron chi connectivity index (χ0n) is 20.4. The average Bonchev–Trinajstić information content (AvgIpc) is 2.83. The Morgan fingerprint density at radius 1 is 1.26 bits per heavy atom. The number of ether oxygens (including phenoxy) is 1. The van der Waals surface area contributed by atoms with E-state index in [9.17, 15) is 10.2 Å². The molecule has 0 fully saturated rings. The third kappa shape index (κ3) is 8.15. The molecule has 0 saturated heterocycles. The highest BCUT2D eigenvalue weighted by Crippen LogP contribution is 2.29. The Bertz CT molecular complexity index is 1180. The molecule has 2 heterocycles. The zero-order chi connectivity index (χ0) is 26.0. The summed E-state index contributed by atoms with van der Waals surface area (Å²) in [5, 5.41) is 22.3. The lowest BCUT2D eigenvalue weighted by atomic mass is 10.1. The van der Waals surface area contributed by atoms with E-state index in [1.165, 1.54) is 6.08 Å². The molecule has 2 aromatic heterocycles. The molecule has 0 aliphatic heterocycles. The minimum atomic E-state index is -1.27. The number of aromatic amines is 1. The molecular formula is C25H34N6O3S. The minimum Gasteiger partial charge on any atom is -0.487 e. The number of pyridine rings is 1. The zero-order valence-corrected chi connectivity index (χ0v) is 21.3. The van der Waals surface area contributed by atoms with Gasteiger partial charge >= 0.3 is 0 Å². The van der Waals surface area contributed by atoms with Crippen molar-refractivity contribution in [1.82, 2.24) is 15.0 Å². The Kier molecular flexibility index (Phi) is 10.3. The number of nitrogens with one attached hydrogen (secondary N) is 2. The molecule has 1 unspecified atom stereocenters. The van der Waals surface area contributed by atoms with Crippen LogP contribution >= 0.6 is 12.2 Å². The van der Waals surface area contributed by atoms with E-state index < -0.39 is 11.8 Å². The number of hydrogen-bond donors (Lipinski definition) is 6. The predicted molar refractivity (Wildman–Crippen MR) is 142 cm³/mol. The molecule has 0 amide bonds. The van der Waals surface area contributed by atoms with Gasteiger partial charge in [-0.1, -0.05) is 56.4 Å². The summed E-state index contributed by atoms with van der Waals surface area (Å²) in [5.41, 5.74) is 13.7. The summed E-state index contributed by atoms with van der Waals surface area (Å²) in [6, 6.07) is 11.6. The van der Waals surface area contributed by atoms with Gasteiger partial charge in [-0.25, -0.2) is 4.98 Å². The van der Waals surface area contributed by atoms with Crippen LogP contribution in [0.1, 0.15) is 38.8 Å². The molecule has 3 rings (SSSR count). The van der Waals surface area contributed by atoms with Gasteiger partial charge in [0.1, 0.15) is 23.2 Å². The molecule has 0 spiro atoms. The monoisotopic (exact) mass is 498 g/mol. The van der Waals surface area contributed by atoms with Crippen molar-refractivity contribution in [3.05, 3.63) is 70.6 Å². The largest absolute Gasteiger partial charge is 0.487 e. The summed E-state index contributed by atoms with van der Waals surface area (Å²) >= 11 is 5.50. The topological polar surface area (TPSA) is 155 Å². The number of benzene rings is 1. The van der Waals surface area contributed by atoms with Gasteiger partial charge in [-0.3, -0.25) is 4.98 Å². The van der Waals surface area contributed by atoms with Crippen molar-refractivity contribution < 1.29 is 14.9 Å². The highest BCUT2D eigenvalue weighted by Gasteiger charge is 2.20. The van der Waals surface area contributed by atoms with Crippen LogP contribution in [0, 0.1) is 4.64 Å². The fourth-order valence-electron chi connectivity index (χ4n) is 3.02. The first kappa shape index (κ1) is 27.9. The molecule has 188 valence electrons. The highest BCUT2D eigenvalue weighted by molar-refractivity contribution is 7.71. The molecule has 1 aromatic carbocycles. The maximum atomic E-state index is 9.61. The lowest BCUT2D eigenvalue weighted by molar-refractivity contribution is 0.232. The van der Waals surface area contributed by atoms with Crippen LogP contribution in [0.25, 0.3) is 17.0 Å². The van der Waals surface area contributed by atoms with E-state index in [2.05, 4.69) is 20.3 Å². The SMILES string of the molecule is CC.CC(C)(CO)Nc1nc(=S)c(/C(N)=C/C(N)O)c(-c2cncc(OCc3ccccc3)c2)[nH]1. The van der Waals surface area contributed by atoms with Crippen molar-refractivity contribution >= 4 is 23.9 Å². The van der Waals surface area contributed by atoms with Crippen LogP contribution in [0.15, 0.2) is 54.9 Å². The van der Waals surface area contributed by atoms with Gasteiger partial charge in [-0.15, -0.1) is 0 Å². The van der Waals surface area contributed by atoms with Crippen LogP contribution in [0.2, 0.25) is 0 Å². The van der Waals surface area contributed by atoms with Gasteiger partial charge in [-0.2, -0.15) is 0 Å². The molecule has 35 heavy (non-hydrogen) atoms. The molecule has 0 bridgehead atoms. The summed E-state index contributed by atoms with van der Waals surface area (Å²) < 4.78 is 6.09. The van der Waals surface area contributed by atoms with Crippen LogP contribution in [-0.2, 0) is 6.61 Å². The second-order valence-electron chi connectivity index (χ2n) is 8.10. The Labute approximate surface area is 210 Å². The number of H-pyrrole nitrogens is 1. The third-order valence-electron chi connectivity index (χ3n) is 4.66. The molecule has 0 radical (unpaired) electrons. The van der Waals surface area contributed by atoms with Crippen LogP contribution in [0.3, 0.4) is 0 Å². The van der Waals surface area contributed by atoms with E-state index in [4.69, 9.17) is 28.4 Å². The predicted octanol–water partition coefficient (Wildman–Crippen LogP) is 3.57. The number of nitrogens with zero attached hydrogens (tertiary/aromatic N) is 2. The summed E-state index contributed by atoms with van der Waals surface area (Å²) in [6.45, 7) is 7.89. The summed E-state index contributed by atoms with van der Waals surface area (Å²) in [5.74, 6) is 0.888. The second-order valence-corrected chi connectivity index (χ2v) is 8.49. The average molecular weight is 499 g/mol. The lowest BCUT2D eigenvalue weighted by Gasteiger charge is -2.24. The van der Waals surface area contributed by atoms with E-state index in [0.29, 0.717) is 35.1 Å². The molecule has 1 atom stereocenters. The van der Waals surface area contributed by atoms with E-state index >= 15 is 0 Å². The van der Waals surface area contributed by atoms with Gasteiger partial charge in [0.05, 0.1) is 29.6 Å². The van der Waals surface area contributed by atoms with Crippen molar-refractivity contribution in [3.8, 4) is 17.0 Å². The van der Waals surface area contributed by atoms with Gasteiger partial charge in [0.2, 0.25) is 5.95 Å². The van der Waals surface area contributed by atoms with Gasteiger partial charge < -0.3 is 36.7 Å². The highest BCUT2D eigenvalue weighted by atomic mass is 32.1. The van der Waals surface area contributed by atoms with Crippen molar-refractivity contribution in [2.24, 2.45) is 11.5 Å². The molecule has 0 aliphatic rings. The first-order chi connectivity index (χ1) is 16.7. The number of aliphatic hydroxyl groups is 2. The number of aromatic nitrogens is 3. The fourth-order valence-corrected chi connectivity index (χ4v) is 3.33. The van der Waals surface area contributed by atoms with Gasteiger partial charge in [-0.05, 0) is 31.6 Å². The quantitative estimate of drug-likeness (QED) is 0.192. The van der Waals surface area contributed by atoms with Gasteiger partial charge in [0.15, 0.2) is 0 Å². The molecule has 10 heteroatoms. The first-order valence-electron chi connectivity index (χ1n) is 11.3. The van der Waals surface area contributed by atoms with Crippen molar-refractivity contribution in [2.45, 2.75) is 46.1 Å². The van der Waals surface area contributed by atoms with Crippen LogP contribution in [0.5, 0.6) is 5.75 Å². The maximum absolute atomic E-state index is 9.61. The smallest absolute Gasteiger partial charge is 0.202 e. The maximum Gasteiger partial charge on any atom is 0.202 e. The van der Waals surface area contributed by atoms with Crippen LogP contribution < -0.4 is 21.5 Å². The van der Waals surface area contributed by atoms with Gasteiger partial charge in [0, 0.05) is 17.5 Å². The molecule has 8 N–H and O–H groups in total. The molecule has 0 saturated carbocycles. The number of nitrogens with two attached hydrogens (primary N) is 2. The Balaban J connectivity index is 0.00000210. The fraction of sp³-hybridized carbons (Fsp3) is 0.320.